The van der Waals surface area contributed by atoms with Crippen molar-refractivity contribution >= 4 is 34.3 Å². The third-order valence-corrected chi connectivity index (χ3v) is 4.87. The zero-order chi connectivity index (χ0) is 17.3. The summed E-state index contributed by atoms with van der Waals surface area (Å²) < 4.78 is 10.9. The van der Waals surface area contributed by atoms with Gasteiger partial charge in [-0.15, -0.1) is 0 Å². The van der Waals surface area contributed by atoms with E-state index in [0.717, 1.165) is 12.8 Å². The van der Waals surface area contributed by atoms with Gasteiger partial charge in [0.15, 0.2) is 0 Å². The van der Waals surface area contributed by atoms with E-state index in [-0.39, 0.29) is 11.2 Å². The summed E-state index contributed by atoms with van der Waals surface area (Å²) in [4.78, 5) is 11.8. The third kappa shape index (κ3) is 15.0. The molecule has 0 heterocycles. The summed E-state index contributed by atoms with van der Waals surface area (Å²) in [6.07, 6.45) is 12.8. The molecule has 0 radical (unpaired) electrons. The zero-order valence-electron chi connectivity index (χ0n) is 15.1. The van der Waals surface area contributed by atoms with Gasteiger partial charge >= 0.3 is 5.97 Å². The Balaban J connectivity index is 3.40. The van der Waals surface area contributed by atoms with Crippen LogP contribution >= 0.6 is 24.0 Å². The van der Waals surface area contributed by atoms with Crippen molar-refractivity contribution in [3.8, 4) is 0 Å². The minimum absolute atomic E-state index is 0.201. The molecule has 0 spiro atoms. The summed E-state index contributed by atoms with van der Waals surface area (Å²) >= 11 is 6.26. The molecule has 0 aliphatic carbocycles. The molecule has 136 valence electrons. The molecule has 5 heteroatoms. The minimum Gasteiger partial charge on any atom is -0.479 e. The second kappa shape index (κ2) is 16.6. The fraction of sp³-hybridized carbons (Fsp3) is 0.889. The van der Waals surface area contributed by atoms with E-state index >= 15 is 0 Å². The van der Waals surface area contributed by atoms with Crippen LogP contribution in [0.2, 0.25) is 0 Å². The molecule has 0 fully saturated rings. The Morgan fingerprint density at radius 1 is 0.913 bits per heavy atom. The molecule has 0 aromatic heterocycles. The van der Waals surface area contributed by atoms with E-state index in [1.54, 1.807) is 6.92 Å². The van der Waals surface area contributed by atoms with E-state index in [1.807, 2.05) is 6.92 Å². The van der Waals surface area contributed by atoms with Crippen LogP contribution in [-0.4, -0.2) is 28.8 Å². The molecule has 3 nitrogen and oxygen atoms in total. The Bertz CT molecular complexity index is 309. The lowest BCUT2D eigenvalue weighted by atomic mass is 10.1. The molecule has 0 aliphatic rings. The predicted octanol–water partition coefficient (Wildman–Crippen LogP) is 5.89. The smallest absolute Gasteiger partial charge is 0.319 e. The first-order chi connectivity index (χ1) is 11.1. The number of esters is 1. The summed E-state index contributed by atoms with van der Waals surface area (Å²) in [5.41, 5.74) is 0. The number of ether oxygens (including phenoxy) is 2. The van der Waals surface area contributed by atoms with Crippen molar-refractivity contribution in [2.24, 2.45) is 0 Å². The Hall–Kier alpha value is -0.290. The lowest BCUT2D eigenvalue weighted by Gasteiger charge is -2.11. The van der Waals surface area contributed by atoms with Gasteiger partial charge in [0.1, 0.15) is 5.25 Å². The molecule has 0 aromatic carbocycles. The first kappa shape index (κ1) is 22.7. The van der Waals surface area contributed by atoms with Gasteiger partial charge in [-0.1, -0.05) is 76.5 Å². The Labute approximate surface area is 152 Å². The van der Waals surface area contributed by atoms with Gasteiger partial charge in [0.25, 0.3) is 0 Å². The lowest BCUT2D eigenvalue weighted by Crippen LogP contribution is -2.19. The van der Waals surface area contributed by atoms with Gasteiger partial charge in [-0.3, -0.25) is 4.79 Å². The van der Waals surface area contributed by atoms with Crippen LogP contribution in [0.5, 0.6) is 0 Å². The minimum atomic E-state index is -0.294. The Morgan fingerprint density at radius 2 is 1.43 bits per heavy atom. The van der Waals surface area contributed by atoms with Crippen molar-refractivity contribution < 1.29 is 14.3 Å². The van der Waals surface area contributed by atoms with Crippen molar-refractivity contribution in [1.29, 1.82) is 0 Å². The SMILES string of the molecule is CCCCCCCCCCCCOC(=O)C(C)SC(=S)OCC. The highest BCUT2D eigenvalue weighted by Crippen LogP contribution is 2.16. The van der Waals surface area contributed by atoms with Crippen LogP contribution in [-0.2, 0) is 14.3 Å². The van der Waals surface area contributed by atoms with Gasteiger partial charge in [0.2, 0.25) is 4.38 Å². The van der Waals surface area contributed by atoms with Crippen LogP contribution in [0.4, 0.5) is 0 Å². The highest BCUT2D eigenvalue weighted by molar-refractivity contribution is 8.23. The normalized spacial score (nSPS) is 12.0. The largest absolute Gasteiger partial charge is 0.479 e. The van der Waals surface area contributed by atoms with E-state index < -0.39 is 0 Å². The second-order valence-corrected chi connectivity index (χ2v) is 7.74. The topological polar surface area (TPSA) is 35.5 Å². The van der Waals surface area contributed by atoms with E-state index in [9.17, 15) is 4.79 Å². The van der Waals surface area contributed by atoms with Crippen LogP contribution in [0.3, 0.4) is 0 Å². The maximum atomic E-state index is 11.8. The van der Waals surface area contributed by atoms with Crippen molar-refractivity contribution in [3.05, 3.63) is 0 Å². The number of unbranched alkanes of at least 4 members (excludes halogenated alkanes) is 9. The highest BCUT2D eigenvalue weighted by atomic mass is 32.2. The second-order valence-electron chi connectivity index (χ2n) is 5.79. The quantitative estimate of drug-likeness (QED) is 0.218. The molecule has 23 heavy (non-hydrogen) atoms. The number of thiocarbonyl (C=S) groups is 1. The predicted molar refractivity (Wildman–Crippen MR) is 104 cm³/mol. The third-order valence-electron chi connectivity index (χ3n) is 3.61. The summed E-state index contributed by atoms with van der Waals surface area (Å²) in [5.74, 6) is -0.201. The van der Waals surface area contributed by atoms with Crippen molar-refractivity contribution in [3.63, 3.8) is 0 Å². The zero-order valence-corrected chi connectivity index (χ0v) is 16.7. The maximum Gasteiger partial charge on any atom is 0.319 e. The van der Waals surface area contributed by atoms with E-state index in [0.29, 0.717) is 17.6 Å². The summed E-state index contributed by atoms with van der Waals surface area (Å²) in [6.45, 7) is 6.98. The Morgan fingerprint density at radius 3 is 1.96 bits per heavy atom. The van der Waals surface area contributed by atoms with Gasteiger partial charge in [0.05, 0.1) is 13.2 Å². The molecule has 0 saturated carbocycles. The van der Waals surface area contributed by atoms with Gasteiger partial charge < -0.3 is 9.47 Å². The van der Waals surface area contributed by atoms with Gasteiger partial charge in [-0.25, -0.2) is 0 Å². The highest BCUT2D eigenvalue weighted by Gasteiger charge is 2.17. The Kier molecular flexibility index (Phi) is 16.4. The van der Waals surface area contributed by atoms with Crippen molar-refractivity contribution in [2.45, 2.75) is 90.2 Å². The van der Waals surface area contributed by atoms with Gasteiger partial charge in [-0.2, -0.15) is 0 Å². The van der Waals surface area contributed by atoms with Gasteiger partial charge in [-0.05, 0) is 32.5 Å². The van der Waals surface area contributed by atoms with Crippen LogP contribution in [0.25, 0.3) is 0 Å². The number of carbonyl (C=O) groups excluding carboxylic acids is 1. The van der Waals surface area contributed by atoms with E-state index in [1.165, 1.54) is 63.1 Å². The fourth-order valence-electron chi connectivity index (χ4n) is 2.22. The monoisotopic (exact) mass is 362 g/mol. The van der Waals surface area contributed by atoms with E-state index in [2.05, 4.69) is 6.92 Å². The average Bonchev–Trinajstić information content (AvgIpc) is 2.52. The molecule has 0 N–H and O–H groups in total. The number of hydrogen-bond acceptors (Lipinski definition) is 5. The average molecular weight is 363 g/mol. The van der Waals surface area contributed by atoms with E-state index in [4.69, 9.17) is 21.7 Å². The van der Waals surface area contributed by atoms with Crippen molar-refractivity contribution in [1.82, 2.24) is 0 Å². The number of carbonyl (C=O) groups is 1. The number of hydrogen-bond donors (Lipinski definition) is 0. The molecule has 1 unspecified atom stereocenters. The first-order valence-electron chi connectivity index (χ1n) is 9.11. The van der Waals surface area contributed by atoms with Crippen LogP contribution in [0.15, 0.2) is 0 Å². The fourth-order valence-corrected chi connectivity index (χ4v) is 3.41. The number of thioether (sulfide) groups is 1. The van der Waals surface area contributed by atoms with Gasteiger partial charge in [0, 0.05) is 0 Å². The first-order valence-corrected chi connectivity index (χ1v) is 10.4. The number of rotatable bonds is 14. The van der Waals surface area contributed by atoms with Crippen LogP contribution < -0.4 is 0 Å². The summed E-state index contributed by atoms with van der Waals surface area (Å²) in [6, 6.07) is 0. The molecule has 0 aromatic rings. The molecule has 1 atom stereocenters. The van der Waals surface area contributed by atoms with Crippen LogP contribution in [0.1, 0.15) is 85.0 Å². The molecule has 0 saturated heterocycles. The summed E-state index contributed by atoms with van der Waals surface area (Å²) in [5, 5.41) is -0.294. The lowest BCUT2D eigenvalue weighted by molar-refractivity contribution is -0.142. The maximum absolute atomic E-state index is 11.8. The summed E-state index contributed by atoms with van der Waals surface area (Å²) in [7, 11) is 0. The van der Waals surface area contributed by atoms with Crippen LogP contribution in [0, 0.1) is 0 Å². The molecule has 0 aliphatic heterocycles. The molecule has 0 amide bonds. The molecule has 0 rings (SSSR count). The molecular formula is C18H34O3S2. The standard InChI is InChI=1S/C18H34O3S2/c1-4-6-7-8-9-10-11-12-13-14-15-21-17(19)16(3)23-18(22)20-5-2/h16H,4-15H2,1-3H3. The molecule has 0 bridgehead atoms. The van der Waals surface area contributed by atoms with Crippen molar-refractivity contribution in [2.75, 3.05) is 13.2 Å². The molecular weight excluding hydrogens is 328 g/mol.